The second-order valence-electron chi connectivity index (χ2n) is 2.74. The van der Waals surface area contributed by atoms with Crippen molar-refractivity contribution in [3.63, 3.8) is 0 Å². The zero-order valence-electron chi connectivity index (χ0n) is 7.80. The molecule has 0 unspecified atom stereocenters. The van der Waals surface area contributed by atoms with Gasteiger partial charge in [-0.25, -0.2) is 0 Å². The Morgan fingerprint density at radius 1 is 1.50 bits per heavy atom. The molecule has 1 fully saturated rings. The quantitative estimate of drug-likeness (QED) is 0.326. The van der Waals surface area contributed by atoms with Gasteiger partial charge in [0.2, 0.25) is 0 Å². The molecule has 0 bridgehead atoms. The van der Waals surface area contributed by atoms with E-state index >= 15 is 0 Å². The SMILES string of the molecule is Cc1nc(N)nc(NCI2CC[I-]2)n1. The number of nitrogens with two attached hydrogens (primary N) is 1. The van der Waals surface area contributed by atoms with Crippen LogP contribution in [0.25, 0.3) is 0 Å². The number of aromatic nitrogens is 3. The van der Waals surface area contributed by atoms with Crippen LogP contribution in [0.2, 0.25) is 0 Å². The van der Waals surface area contributed by atoms with E-state index in [4.69, 9.17) is 5.73 Å². The summed E-state index contributed by atoms with van der Waals surface area (Å²) >= 11 is 0.0999. The summed E-state index contributed by atoms with van der Waals surface area (Å²) in [6.45, 7) is 1.83. The summed E-state index contributed by atoms with van der Waals surface area (Å²) in [5, 5.41) is 3.28. The van der Waals surface area contributed by atoms with Crippen molar-refractivity contribution in [2.75, 3.05) is 24.5 Å². The molecular formula is C7H12I2N5-. The molecule has 2 rings (SSSR count). The first kappa shape index (κ1) is 10.6. The molecule has 1 aromatic heterocycles. The number of nitrogen functional groups attached to an aromatic ring is 1. The Morgan fingerprint density at radius 3 is 2.86 bits per heavy atom. The van der Waals surface area contributed by atoms with Crippen LogP contribution in [0, 0.1) is 6.92 Å². The van der Waals surface area contributed by atoms with Crippen LogP contribution in [-0.4, -0.2) is 28.4 Å². The second-order valence-corrected chi connectivity index (χ2v) is 20.1. The molecule has 0 aromatic carbocycles. The molecule has 1 saturated heterocycles. The van der Waals surface area contributed by atoms with Gasteiger partial charge in [-0.05, 0) is 0 Å². The van der Waals surface area contributed by atoms with Gasteiger partial charge < -0.3 is 0 Å². The monoisotopic (exact) mass is 420 g/mol. The van der Waals surface area contributed by atoms with Gasteiger partial charge in [0.25, 0.3) is 0 Å². The number of alkyl halides is 3. The van der Waals surface area contributed by atoms with Crippen molar-refractivity contribution in [1.29, 1.82) is 0 Å². The molecule has 7 heteroatoms. The van der Waals surface area contributed by atoms with E-state index in [2.05, 4.69) is 20.3 Å². The fraction of sp³-hybridized carbons (Fsp3) is 0.571. The van der Waals surface area contributed by atoms with Crippen LogP contribution in [0.4, 0.5) is 11.9 Å². The minimum atomic E-state index is -0.503. The molecule has 0 atom stereocenters. The maximum atomic E-state index is 5.53. The van der Waals surface area contributed by atoms with Crippen LogP contribution in [0.5, 0.6) is 0 Å². The molecule has 0 radical (unpaired) electrons. The summed E-state index contributed by atoms with van der Waals surface area (Å²) in [6.07, 6.45) is 0. The van der Waals surface area contributed by atoms with E-state index in [1.807, 2.05) is 6.92 Å². The number of nitrogens with zero attached hydrogens (tertiary/aromatic N) is 3. The Morgan fingerprint density at radius 2 is 2.29 bits per heavy atom. The Bertz CT molecular complexity index is 308. The maximum absolute atomic E-state index is 5.53. The van der Waals surface area contributed by atoms with Crippen molar-refractivity contribution >= 4 is 27.7 Å². The Labute approximate surface area is 96.4 Å². The van der Waals surface area contributed by atoms with E-state index in [1.54, 1.807) is 0 Å². The second kappa shape index (κ2) is 4.73. The fourth-order valence-electron chi connectivity index (χ4n) is 0.989. The zero-order chi connectivity index (χ0) is 9.97. The van der Waals surface area contributed by atoms with Gasteiger partial charge in [-0.1, -0.05) is 0 Å². The molecule has 0 saturated carbocycles. The van der Waals surface area contributed by atoms with Crippen LogP contribution in [-0.2, 0) is 0 Å². The summed E-state index contributed by atoms with van der Waals surface area (Å²) in [7, 11) is 0. The Hall–Kier alpha value is 0.0700. The van der Waals surface area contributed by atoms with Crippen molar-refractivity contribution in [2.45, 2.75) is 6.92 Å². The normalized spacial score (nSPS) is 18.2. The van der Waals surface area contributed by atoms with E-state index in [0.717, 1.165) is 4.55 Å². The van der Waals surface area contributed by atoms with Gasteiger partial charge >= 0.3 is 97.1 Å². The summed E-state index contributed by atoms with van der Waals surface area (Å²) in [5.41, 5.74) is 5.53. The average Bonchev–Trinajstić information content (AvgIpc) is 1.99. The van der Waals surface area contributed by atoms with Crippen LogP contribution >= 0.6 is 15.8 Å². The molecule has 14 heavy (non-hydrogen) atoms. The third-order valence-corrected chi connectivity index (χ3v) is 21.2. The summed E-state index contributed by atoms with van der Waals surface area (Å²) in [4.78, 5) is 12.2. The summed E-state index contributed by atoms with van der Waals surface area (Å²) < 4.78 is 4.20. The zero-order valence-corrected chi connectivity index (χ0v) is 12.1. The molecule has 5 nitrogen and oxygen atoms in total. The molecule has 80 valence electrons. The third-order valence-electron chi connectivity index (χ3n) is 1.63. The molecule has 3 N–H and O–H groups in total. The number of anilines is 2. The van der Waals surface area contributed by atoms with Gasteiger partial charge in [-0.2, -0.15) is 0 Å². The van der Waals surface area contributed by atoms with Crippen molar-refractivity contribution in [1.82, 2.24) is 15.0 Å². The van der Waals surface area contributed by atoms with E-state index < -0.39 is 15.8 Å². The first-order chi connectivity index (χ1) is 6.74. The van der Waals surface area contributed by atoms with E-state index in [0.29, 0.717) is 35.0 Å². The molecule has 1 aliphatic rings. The molecule has 1 aliphatic heterocycles. The number of hydrogen-bond acceptors (Lipinski definition) is 5. The van der Waals surface area contributed by atoms with E-state index in [9.17, 15) is 0 Å². The van der Waals surface area contributed by atoms with Crippen LogP contribution < -0.4 is 28.3 Å². The van der Waals surface area contributed by atoms with Crippen molar-refractivity contribution in [2.24, 2.45) is 0 Å². The third kappa shape index (κ3) is 2.78. The van der Waals surface area contributed by atoms with Crippen LogP contribution in [0.1, 0.15) is 5.82 Å². The molecule has 2 heterocycles. The van der Waals surface area contributed by atoms with Gasteiger partial charge in [0, 0.05) is 0 Å². The predicted molar refractivity (Wildman–Crippen MR) is 61.2 cm³/mol. The van der Waals surface area contributed by atoms with Gasteiger partial charge in [0.05, 0.1) is 0 Å². The van der Waals surface area contributed by atoms with Crippen molar-refractivity contribution in [3.05, 3.63) is 5.82 Å². The first-order valence-electron chi connectivity index (χ1n) is 4.18. The van der Waals surface area contributed by atoms with Gasteiger partial charge in [-0.3, -0.25) is 0 Å². The average molecular weight is 420 g/mol. The number of aryl methyl sites for hydroxylation is 1. The van der Waals surface area contributed by atoms with Gasteiger partial charge in [0.15, 0.2) is 0 Å². The van der Waals surface area contributed by atoms with Crippen LogP contribution in [0.15, 0.2) is 0 Å². The summed E-state index contributed by atoms with van der Waals surface area (Å²) in [6, 6.07) is 0. The van der Waals surface area contributed by atoms with Gasteiger partial charge in [-0.15, -0.1) is 0 Å². The number of nitrogens with one attached hydrogen (secondary N) is 1. The standard InChI is InChI=1S/C7H12I2N5/c1-5-12-6(10)14-7(13-5)11-4-9-3-2-8-9/h2-4H2,1H3,(H3,10,11,12,13,14)/q-1. The first-order valence-corrected chi connectivity index (χ1v) is 15.0. The van der Waals surface area contributed by atoms with Gasteiger partial charge in [0.1, 0.15) is 0 Å². The van der Waals surface area contributed by atoms with Crippen LogP contribution in [0.3, 0.4) is 0 Å². The Balaban J connectivity index is 1.94. The topological polar surface area (TPSA) is 76.7 Å². The number of halogens is 2. The molecular weight excluding hydrogens is 408 g/mol. The van der Waals surface area contributed by atoms with E-state index in [-0.39, 0.29) is 0 Å². The fourth-order valence-corrected chi connectivity index (χ4v) is 12.3. The van der Waals surface area contributed by atoms with Crippen molar-refractivity contribution < 1.29 is 17.2 Å². The predicted octanol–water partition coefficient (Wildman–Crippen LogP) is -2.34. The molecule has 1 aromatic rings. The number of hydrogen-bond donors (Lipinski definition) is 2. The van der Waals surface area contributed by atoms with Crippen molar-refractivity contribution in [3.8, 4) is 0 Å². The minimum absolute atomic E-state index is 0.312. The molecule has 0 aliphatic carbocycles. The molecule has 0 amide bonds. The number of rotatable bonds is 3. The van der Waals surface area contributed by atoms with E-state index in [1.165, 1.54) is 8.86 Å². The molecule has 0 spiro atoms. The Kier molecular flexibility index (Phi) is 3.57. The summed E-state index contributed by atoms with van der Waals surface area (Å²) in [5.74, 6) is 1.66.